The molecule has 0 radical (unpaired) electrons. The van der Waals surface area contributed by atoms with Gasteiger partial charge in [-0.3, -0.25) is 9.69 Å². The molecule has 128 valence electrons. The number of aryl methyl sites for hydroxylation is 1. The van der Waals surface area contributed by atoms with E-state index in [1.165, 1.54) is 0 Å². The number of rotatable bonds is 3. The molecule has 1 amide bonds. The van der Waals surface area contributed by atoms with Crippen molar-refractivity contribution in [3.05, 3.63) is 28.2 Å². The molecule has 2 rings (SSSR count). The molecule has 0 aromatic heterocycles. The number of nitrogens with one attached hydrogen (secondary N) is 1. The number of hydrogen-bond acceptors (Lipinski definition) is 2. The number of anilines is 1. The maximum atomic E-state index is 12.9. The molecule has 0 saturated carbocycles. The second-order valence-corrected chi connectivity index (χ2v) is 6.88. The fourth-order valence-electron chi connectivity index (χ4n) is 2.75. The molecular weight excluding hydrogens is 373 g/mol. The van der Waals surface area contributed by atoms with E-state index in [4.69, 9.17) is 0 Å². The predicted octanol–water partition coefficient (Wildman–Crippen LogP) is 4.36. The zero-order valence-electron chi connectivity index (χ0n) is 13.1. The standard InChI is InChI=1S/C16H20BrF3N2O/c1-10-5-6-14(13(17)8-10)21-15(23)11(2)22-7-3-4-12(9-22)16(18,19)20/h5-6,8,11-12H,3-4,7,9H2,1-2H3,(H,21,23)/t11-,12+/m1/s1. The number of hydrogen-bond donors (Lipinski definition) is 1. The van der Waals surface area contributed by atoms with Crippen LogP contribution in [0.1, 0.15) is 25.3 Å². The summed E-state index contributed by atoms with van der Waals surface area (Å²) in [5, 5.41) is 2.78. The van der Waals surface area contributed by atoms with Gasteiger partial charge in [0.2, 0.25) is 5.91 Å². The predicted molar refractivity (Wildman–Crippen MR) is 87.3 cm³/mol. The first-order chi connectivity index (χ1) is 10.7. The van der Waals surface area contributed by atoms with Gasteiger partial charge in [0.1, 0.15) is 0 Å². The Morgan fingerprint density at radius 1 is 1.43 bits per heavy atom. The smallest absolute Gasteiger partial charge is 0.324 e. The van der Waals surface area contributed by atoms with E-state index < -0.39 is 18.1 Å². The highest BCUT2D eigenvalue weighted by Gasteiger charge is 2.43. The van der Waals surface area contributed by atoms with Gasteiger partial charge in [-0.05, 0) is 66.9 Å². The summed E-state index contributed by atoms with van der Waals surface area (Å²) in [4.78, 5) is 14.0. The van der Waals surface area contributed by atoms with Gasteiger partial charge in [0.05, 0.1) is 17.6 Å². The number of nitrogens with zero attached hydrogens (tertiary/aromatic N) is 1. The Balaban J connectivity index is 2.01. The Hall–Kier alpha value is -1.08. The summed E-state index contributed by atoms with van der Waals surface area (Å²) in [6, 6.07) is 4.92. The molecule has 1 fully saturated rings. The van der Waals surface area contributed by atoms with Crippen molar-refractivity contribution in [1.29, 1.82) is 0 Å². The van der Waals surface area contributed by atoms with Crippen molar-refractivity contribution in [2.75, 3.05) is 18.4 Å². The summed E-state index contributed by atoms with van der Waals surface area (Å²) in [5.41, 5.74) is 1.67. The van der Waals surface area contributed by atoms with Crippen LogP contribution >= 0.6 is 15.9 Å². The van der Waals surface area contributed by atoms with E-state index in [1.54, 1.807) is 17.9 Å². The SMILES string of the molecule is Cc1ccc(NC(=O)[C@@H](C)N2CCC[C@H](C(F)(F)F)C2)c(Br)c1. The zero-order valence-corrected chi connectivity index (χ0v) is 14.7. The summed E-state index contributed by atoms with van der Waals surface area (Å²) in [6.07, 6.45) is -3.61. The van der Waals surface area contributed by atoms with E-state index in [0.717, 1.165) is 10.0 Å². The van der Waals surface area contributed by atoms with Crippen molar-refractivity contribution in [2.45, 2.75) is 38.9 Å². The Morgan fingerprint density at radius 2 is 2.13 bits per heavy atom. The van der Waals surface area contributed by atoms with Crippen LogP contribution in [0.3, 0.4) is 0 Å². The van der Waals surface area contributed by atoms with Crippen molar-refractivity contribution < 1.29 is 18.0 Å². The molecule has 0 bridgehead atoms. The molecule has 3 nitrogen and oxygen atoms in total. The number of likely N-dealkylation sites (tertiary alicyclic amines) is 1. The normalized spacial score (nSPS) is 21.0. The maximum absolute atomic E-state index is 12.9. The zero-order chi connectivity index (χ0) is 17.2. The molecule has 1 aliphatic heterocycles. The Morgan fingerprint density at radius 3 is 2.74 bits per heavy atom. The molecule has 1 aromatic carbocycles. The van der Waals surface area contributed by atoms with E-state index in [-0.39, 0.29) is 18.9 Å². The van der Waals surface area contributed by atoms with E-state index in [1.807, 2.05) is 19.1 Å². The van der Waals surface area contributed by atoms with Crippen LogP contribution in [0, 0.1) is 12.8 Å². The summed E-state index contributed by atoms with van der Waals surface area (Å²) >= 11 is 3.38. The highest BCUT2D eigenvalue weighted by atomic mass is 79.9. The van der Waals surface area contributed by atoms with Gasteiger partial charge < -0.3 is 5.32 Å². The fourth-order valence-corrected chi connectivity index (χ4v) is 3.34. The van der Waals surface area contributed by atoms with Gasteiger partial charge in [0.15, 0.2) is 0 Å². The minimum atomic E-state index is -4.20. The maximum Gasteiger partial charge on any atom is 0.393 e. The second-order valence-electron chi connectivity index (χ2n) is 6.02. The second kappa shape index (κ2) is 7.21. The fraction of sp³-hybridized carbons (Fsp3) is 0.562. The van der Waals surface area contributed by atoms with Crippen LogP contribution in [0.25, 0.3) is 0 Å². The summed E-state index contributed by atoms with van der Waals surface area (Å²) in [5.74, 6) is -1.64. The molecule has 1 aromatic rings. The van der Waals surface area contributed by atoms with Crippen LogP contribution in [-0.4, -0.2) is 36.1 Å². The number of carbonyl (C=O) groups is 1. The number of piperidine rings is 1. The van der Waals surface area contributed by atoms with Crippen LogP contribution in [-0.2, 0) is 4.79 Å². The topological polar surface area (TPSA) is 32.3 Å². The number of amides is 1. The van der Waals surface area contributed by atoms with Crippen molar-refractivity contribution in [1.82, 2.24) is 4.90 Å². The molecule has 1 saturated heterocycles. The number of benzene rings is 1. The minimum absolute atomic E-state index is 0.118. The minimum Gasteiger partial charge on any atom is -0.324 e. The molecule has 7 heteroatoms. The third kappa shape index (κ3) is 4.70. The first kappa shape index (κ1) is 18.3. The van der Waals surface area contributed by atoms with Gasteiger partial charge >= 0.3 is 6.18 Å². The third-order valence-electron chi connectivity index (χ3n) is 4.23. The summed E-state index contributed by atoms with van der Waals surface area (Å²) in [6.45, 7) is 3.98. The Labute approximate surface area is 142 Å². The average Bonchev–Trinajstić information content (AvgIpc) is 2.48. The summed E-state index contributed by atoms with van der Waals surface area (Å²) < 4.78 is 39.4. The van der Waals surface area contributed by atoms with Crippen molar-refractivity contribution in [2.24, 2.45) is 5.92 Å². The lowest BCUT2D eigenvalue weighted by atomic mass is 9.96. The highest BCUT2D eigenvalue weighted by Crippen LogP contribution is 2.34. The molecule has 1 heterocycles. The van der Waals surface area contributed by atoms with Gasteiger partial charge in [0, 0.05) is 11.0 Å². The lowest BCUT2D eigenvalue weighted by molar-refractivity contribution is -0.188. The average molecular weight is 393 g/mol. The van der Waals surface area contributed by atoms with Gasteiger partial charge in [-0.15, -0.1) is 0 Å². The van der Waals surface area contributed by atoms with Crippen molar-refractivity contribution >= 4 is 27.5 Å². The van der Waals surface area contributed by atoms with Crippen molar-refractivity contribution in [3.63, 3.8) is 0 Å². The monoisotopic (exact) mass is 392 g/mol. The molecule has 1 N–H and O–H groups in total. The third-order valence-corrected chi connectivity index (χ3v) is 4.88. The van der Waals surface area contributed by atoms with Gasteiger partial charge in [-0.2, -0.15) is 13.2 Å². The lowest BCUT2D eigenvalue weighted by Crippen LogP contribution is -2.49. The molecule has 2 atom stereocenters. The molecule has 1 aliphatic rings. The van der Waals surface area contributed by atoms with Crippen LogP contribution in [0.4, 0.5) is 18.9 Å². The Bertz CT molecular complexity index is 577. The van der Waals surface area contributed by atoms with Crippen LogP contribution in [0.15, 0.2) is 22.7 Å². The van der Waals surface area contributed by atoms with E-state index in [9.17, 15) is 18.0 Å². The number of alkyl halides is 3. The largest absolute Gasteiger partial charge is 0.393 e. The molecule has 0 unspecified atom stereocenters. The van der Waals surface area contributed by atoms with Gasteiger partial charge in [-0.1, -0.05) is 6.07 Å². The van der Waals surface area contributed by atoms with Gasteiger partial charge in [0.25, 0.3) is 0 Å². The van der Waals surface area contributed by atoms with Crippen molar-refractivity contribution in [3.8, 4) is 0 Å². The van der Waals surface area contributed by atoms with E-state index in [2.05, 4.69) is 21.2 Å². The number of carbonyl (C=O) groups excluding carboxylic acids is 1. The highest BCUT2D eigenvalue weighted by molar-refractivity contribution is 9.10. The molecule has 0 spiro atoms. The first-order valence-electron chi connectivity index (χ1n) is 7.56. The molecular formula is C16H20BrF3N2O. The molecule has 0 aliphatic carbocycles. The van der Waals surface area contributed by atoms with Gasteiger partial charge in [-0.25, -0.2) is 0 Å². The number of halogens is 4. The van der Waals surface area contributed by atoms with Crippen LogP contribution in [0.5, 0.6) is 0 Å². The van der Waals surface area contributed by atoms with Crippen LogP contribution in [0.2, 0.25) is 0 Å². The Kier molecular flexibility index (Phi) is 5.73. The van der Waals surface area contributed by atoms with Crippen LogP contribution < -0.4 is 5.32 Å². The van der Waals surface area contributed by atoms with E-state index >= 15 is 0 Å². The quantitative estimate of drug-likeness (QED) is 0.828. The molecule has 23 heavy (non-hydrogen) atoms. The lowest BCUT2D eigenvalue weighted by Gasteiger charge is -2.36. The summed E-state index contributed by atoms with van der Waals surface area (Å²) in [7, 11) is 0. The first-order valence-corrected chi connectivity index (χ1v) is 8.35. The van der Waals surface area contributed by atoms with E-state index in [0.29, 0.717) is 18.7 Å².